The summed E-state index contributed by atoms with van der Waals surface area (Å²) in [5, 5.41) is 0.243. The molecule has 1 aromatic carbocycles. The van der Waals surface area contributed by atoms with Crippen molar-refractivity contribution in [3.05, 3.63) is 46.2 Å². The molecule has 0 saturated carbocycles. The Kier molecular flexibility index (Phi) is 3.98. The molecular weight excluding hydrogens is 354 g/mol. The molecule has 0 amide bonds. The minimum atomic E-state index is -3.79. The lowest BCUT2D eigenvalue weighted by Crippen LogP contribution is -2.14. The van der Waals surface area contributed by atoms with Gasteiger partial charge in [-0.2, -0.15) is 0 Å². The van der Waals surface area contributed by atoms with Crippen molar-refractivity contribution >= 4 is 48.9 Å². The molecule has 0 saturated heterocycles. The predicted molar refractivity (Wildman–Crippen MR) is 78.6 cm³/mol. The first-order valence-corrected chi connectivity index (χ1v) is 7.73. The van der Waals surface area contributed by atoms with Gasteiger partial charge in [-0.15, -0.1) is 0 Å². The molecule has 5 nitrogen and oxygen atoms in total. The molecule has 0 bridgehead atoms. The Bertz CT molecular complexity index is 707. The van der Waals surface area contributed by atoms with Crippen molar-refractivity contribution in [3.8, 4) is 0 Å². The van der Waals surface area contributed by atoms with Crippen LogP contribution in [0.2, 0.25) is 5.02 Å². The zero-order valence-electron chi connectivity index (χ0n) is 9.47. The van der Waals surface area contributed by atoms with E-state index in [-0.39, 0.29) is 20.1 Å². The van der Waals surface area contributed by atoms with Crippen LogP contribution in [0.15, 0.2) is 46.0 Å². The number of nitrogens with zero attached hydrogens (tertiary/aromatic N) is 1. The number of aromatic nitrogens is 1. The molecule has 8 heteroatoms. The molecule has 1 aromatic heterocycles. The van der Waals surface area contributed by atoms with Crippen LogP contribution in [0.1, 0.15) is 0 Å². The number of sulfonamides is 1. The van der Waals surface area contributed by atoms with Gasteiger partial charge >= 0.3 is 0 Å². The summed E-state index contributed by atoms with van der Waals surface area (Å²) >= 11 is 8.97. The van der Waals surface area contributed by atoms with Gasteiger partial charge in [0.2, 0.25) is 0 Å². The highest BCUT2D eigenvalue weighted by Crippen LogP contribution is 2.32. The van der Waals surface area contributed by atoms with E-state index in [9.17, 15) is 8.42 Å². The molecule has 0 atom stereocenters. The molecule has 2 rings (SSSR count). The Hall–Kier alpha value is -1.31. The molecule has 0 fully saturated rings. The van der Waals surface area contributed by atoms with Gasteiger partial charge < -0.3 is 5.73 Å². The third kappa shape index (κ3) is 3.17. The number of hydrogen-bond donors (Lipinski definition) is 2. The molecule has 3 N–H and O–H groups in total. The van der Waals surface area contributed by atoms with Gasteiger partial charge in [-0.25, -0.2) is 8.42 Å². The van der Waals surface area contributed by atoms with E-state index in [1.807, 2.05) is 0 Å². The normalized spacial score (nSPS) is 11.3. The van der Waals surface area contributed by atoms with Gasteiger partial charge in [0.15, 0.2) is 0 Å². The van der Waals surface area contributed by atoms with E-state index >= 15 is 0 Å². The molecule has 100 valence electrons. The smallest absolute Gasteiger partial charge is 0.263 e. The molecule has 0 unspecified atom stereocenters. The van der Waals surface area contributed by atoms with Gasteiger partial charge in [-0.1, -0.05) is 11.6 Å². The highest BCUT2D eigenvalue weighted by Gasteiger charge is 2.20. The fourth-order valence-electron chi connectivity index (χ4n) is 1.41. The van der Waals surface area contributed by atoms with Crippen LogP contribution in [-0.2, 0) is 10.0 Å². The Balaban J connectivity index is 2.46. The second kappa shape index (κ2) is 5.36. The lowest BCUT2D eigenvalue weighted by molar-refractivity contribution is 0.601. The molecule has 19 heavy (non-hydrogen) atoms. The quantitative estimate of drug-likeness (QED) is 0.822. The van der Waals surface area contributed by atoms with E-state index in [0.29, 0.717) is 5.69 Å². The van der Waals surface area contributed by atoms with Crippen molar-refractivity contribution in [1.82, 2.24) is 4.98 Å². The predicted octanol–water partition coefficient (Wildman–Crippen LogP) is 2.88. The van der Waals surface area contributed by atoms with Gasteiger partial charge in [-0.3, -0.25) is 9.71 Å². The number of anilines is 2. The summed E-state index contributed by atoms with van der Waals surface area (Å²) < 4.78 is 27.2. The summed E-state index contributed by atoms with van der Waals surface area (Å²) in [5.41, 5.74) is 6.28. The van der Waals surface area contributed by atoms with Crippen molar-refractivity contribution in [2.45, 2.75) is 4.90 Å². The van der Waals surface area contributed by atoms with E-state index < -0.39 is 10.0 Å². The van der Waals surface area contributed by atoms with E-state index in [1.165, 1.54) is 18.3 Å². The maximum atomic E-state index is 12.2. The van der Waals surface area contributed by atoms with Gasteiger partial charge in [0, 0.05) is 16.9 Å². The van der Waals surface area contributed by atoms with Crippen LogP contribution in [0, 0.1) is 0 Å². The standard InChI is InChI=1S/C11H9BrClN3O2S/c12-11-9(14)4-7(13)5-10(11)19(17,18)16-8-2-1-3-15-6-8/h1-6,16H,14H2. The van der Waals surface area contributed by atoms with Crippen molar-refractivity contribution in [2.24, 2.45) is 0 Å². The van der Waals surface area contributed by atoms with Gasteiger partial charge in [-0.05, 0) is 40.2 Å². The molecule has 0 aliphatic rings. The summed E-state index contributed by atoms with van der Waals surface area (Å²) in [6.07, 6.45) is 2.95. The van der Waals surface area contributed by atoms with Crippen LogP contribution in [0.25, 0.3) is 0 Å². The first-order chi connectivity index (χ1) is 8.90. The van der Waals surface area contributed by atoms with Crippen molar-refractivity contribution < 1.29 is 8.42 Å². The largest absolute Gasteiger partial charge is 0.398 e. The zero-order valence-corrected chi connectivity index (χ0v) is 12.6. The summed E-state index contributed by atoms with van der Waals surface area (Å²) in [6.45, 7) is 0. The van der Waals surface area contributed by atoms with Crippen LogP contribution in [0.4, 0.5) is 11.4 Å². The first-order valence-electron chi connectivity index (χ1n) is 5.07. The SMILES string of the molecule is Nc1cc(Cl)cc(S(=O)(=O)Nc2cccnc2)c1Br. The number of pyridine rings is 1. The van der Waals surface area contributed by atoms with Crippen LogP contribution in [-0.4, -0.2) is 13.4 Å². The fraction of sp³-hybridized carbons (Fsp3) is 0. The van der Waals surface area contributed by atoms with Crippen LogP contribution in [0.3, 0.4) is 0 Å². The van der Waals surface area contributed by atoms with Crippen molar-refractivity contribution in [1.29, 1.82) is 0 Å². The summed E-state index contributed by atoms with van der Waals surface area (Å²) in [5.74, 6) is 0. The highest BCUT2D eigenvalue weighted by molar-refractivity contribution is 9.10. The summed E-state index contributed by atoms with van der Waals surface area (Å²) in [6, 6.07) is 6.00. The minimum Gasteiger partial charge on any atom is -0.398 e. The molecule has 1 heterocycles. The summed E-state index contributed by atoms with van der Waals surface area (Å²) in [4.78, 5) is 3.80. The second-order valence-corrected chi connectivity index (χ2v) is 6.53. The number of halogens is 2. The van der Waals surface area contributed by atoms with Gasteiger partial charge in [0.1, 0.15) is 4.90 Å². The average Bonchev–Trinajstić information content (AvgIpc) is 2.34. The van der Waals surface area contributed by atoms with Crippen molar-refractivity contribution in [2.75, 3.05) is 10.5 Å². The Labute approximate surface area is 124 Å². The van der Waals surface area contributed by atoms with E-state index in [4.69, 9.17) is 17.3 Å². The zero-order chi connectivity index (χ0) is 14.0. The maximum Gasteiger partial charge on any atom is 0.263 e. The highest BCUT2D eigenvalue weighted by atomic mass is 79.9. The van der Waals surface area contributed by atoms with E-state index in [2.05, 4.69) is 25.6 Å². The second-order valence-electron chi connectivity index (χ2n) is 3.65. The molecule has 0 aliphatic carbocycles. The Morgan fingerprint density at radius 2 is 2.11 bits per heavy atom. The molecule has 0 aliphatic heterocycles. The lowest BCUT2D eigenvalue weighted by atomic mass is 10.3. The number of nitrogen functional groups attached to an aromatic ring is 1. The monoisotopic (exact) mass is 361 g/mol. The topological polar surface area (TPSA) is 85.1 Å². The Morgan fingerprint density at radius 3 is 2.74 bits per heavy atom. The van der Waals surface area contributed by atoms with Gasteiger partial charge in [0.25, 0.3) is 10.0 Å². The first kappa shape index (κ1) is 14.1. The third-order valence-electron chi connectivity index (χ3n) is 2.24. The maximum absolute atomic E-state index is 12.2. The summed E-state index contributed by atoms with van der Waals surface area (Å²) in [7, 11) is -3.79. The van der Waals surface area contributed by atoms with Crippen LogP contribution in [0.5, 0.6) is 0 Å². The average molecular weight is 363 g/mol. The van der Waals surface area contributed by atoms with Gasteiger partial charge in [0.05, 0.1) is 16.4 Å². The number of rotatable bonds is 3. The lowest BCUT2D eigenvalue weighted by Gasteiger charge is -2.11. The minimum absolute atomic E-state index is 0.0265. The van der Waals surface area contributed by atoms with Crippen molar-refractivity contribution in [3.63, 3.8) is 0 Å². The molecule has 2 aromatic rings. The number of benzene rings is 1. The number of nitrogens with one attached hydrogen (secondary N) is 1. The number of nitrogens with two attached hydrogens (primary N) is 1. The Morgan fingerprint density at radius 1 is 1.37 bits per heavy atom. The van der Waals surface area contributed by atoms with Crippen LogP contribution >= 0.6 is 27.5 Å². The molecule has 0 spiro atoms. The van der Waals surface area contributed by atoms with E-state index in [0.717, 1.165) is 0 Å². The fourth-order valence-corrected chi connectivity index (χ4v) is 3.75. The van der Waals surface area contributed by atoms with Crippen LogP contribution < -0.4 is 10.5 Å². The third-order valence-corrected chi connectivity index (χ3v) is 5.01. The molecule has 0 radical (unpaired) electrons. The number of hydrogen-bond acceptors (Lipinski definition) is 4. The van der Waals surface area contributed by atoms with E-state index in [1.54, 1.807) is 18.3 Å². The molecular formula is C11H9BrClN3O2S.